The summed E-state index contributed by atoms with van der Waals surface area (Å²) in [4.78, 5) is 36.8. The van der Waals surface area contributed by atoms with Gasteiger partial charge in [0.05, 0.1) is 122 Å². The van der Waals surface area contributed by atoms with Crippen LogP contribution in [0.4, 0.5) is 79.6 Å². The molecule has 0 aliphatic heterocycles. The minimum Gasteiger partial charge on any atom is -0.494 e. The fourth-order valence-corrected chi connectivity index (χ4v) is 8.15. The summed E-state index contributed by atoms with van der Waals surface area (Å²) in [5.74, 6) is 0.706. The number of methoxy groups -OCH3 is 1. The first-order valence-corrected chi connectivity index (χ1v) is 28.7. The maximum atomic E-state index is 11.1. The highest BCUT2D eigenvalue weighted by atomic mass is 16.6. The Labute approximate surface area is 537 Å². The Morgan fingerprint density at radius 2 is 0.681 bits per heavy atom. The van der Waals surface area contributed by atoms with Gasteiger partial charge >= 0.3 is 0 Å². The zero-order valence-corrected chi connectivity index (χ0v) is 51.2. The van der Waals surface area contributed by atoms with Crippen LogP contribution in [-0.4, -0.2) is 180 Å². The highest BCUT2D eigenvalue weighted by molar-refractivity contribution is 5.65. The van der Waals surface area contributed by atoms with Crippen LogP contribution >= 0.6 is 0 Å². The summed E-state index contributed by atoms with van der Waals surface area (Å²) < 4.78 is 21.4. The highest BCUT2D eigenvalue weighted by Gasteiger charge is 2.17. The number of nitrogens with zero attached hydrogens (tertiary/aromatic N) is 14. The fraction of sp³-hybridized carbons (Fsp3) is 0.311. The van der Waals surface area contributed by atoms with Crippen molar-refractivity contribution in [1.29, 1.82) is 0 Å². The zero-order valence-electron chi connectivity index (χ0n) is 51.2. The van der Waals surface area contributed by atoms with Crippen LogP contribution in [0.1, 0.15) is 5.56 Å². The first-order chi connectivity index (χ1) is 45.6. The van der Waals surface area contributed by atoms with Crippen molar-refractivity contribution in [3.05, 3.63) is 175 Å². The Bertz CT molecular complexity index is 3610. The SMILES string of the molecule is CN(CCO)c1ccc(N=Nc2ccc([N+](=O)[O-])cc2OCCO)cc1.COc1cc(N=Nc2ccc([N+](=O)[O-])cc2OCCO)c(CO)cc1N=Nc1ccc(N(CCO)CCO)cc1.O=[N+]([O-])c1ccc(N=Nc2ccc(N(CCO)CCO)cc2)c(OCCO)c1. The molecule has 94 heavy (non-hydrogen) atoms. The maximum Gasteiger partial charge on any atom is 0.273 e. The number of hydrogen-bond donors (Lipinski definition) is 9. The van der Waals surface area contributed by atoms with Crippen LogP contribution < -0.4 is 33.6 Å². The molecule has 500 valence electrons. The van der Waals surface area contributed by atoms with Crippen molar-refractivity contribution in [2.24, 2.45) is 40.9 Å². The van der Waals surface area contributed by atoms with E-state index in [-0.39, 0.29) is 118 Å². The minimum absolute atomic E-state index is 0.00439. The largest absolute Gasteiger partial charge is 0.494 e. The molecule has 0 aliphatic rings. The molecule has 0 heterocycles. The van der Waals surface area contributed by atoms with Crippen molar-refractivity contribution in [3.63, 3.8) is 0 Å². The predicted molar refractivity (Wildman–Crippen MR) is 345 cm³/mol. The molecule has 33 heteroatoms. The third-order valence-corrected chi connectivity index (χ3v) is 12.8. The van der Waals surface area contributed by atoms with Gasteiger partial charge in [0.15, 0.2) is 17.2 Å². The van der Waals surface area contributed by atoms with Crippen LogP contribution in [0.3, 0.4) is 0 Å². The minimum atomic E-state index is -0.577. The molecule has 0 saturated carbocycles. The van der Waals surface area contributed by atoms with Gasteiger partial charge in [-0.2, -0.15) is 15.3 Å². The molecule has 0 aliphatic carbocycles. The monoisotopic (exact) mass is 1300 g/mol. The van der Waals surface area contributed by atoms with E-state index >= 15 is 0 Å². The van der Waals surface area contributed by atoms with Crippen LogP contribution in [0.25, 0.3) is 0 Å². The molecular formula is C61H72N14O19. The summed E-state index contributed by atoms with van der Waals surface area (Å²) in [6.45, 7) is 0.734. The van der Waals surface area contributed by atoms with Crippen LogP contribution in [0, 0.1) is 30.3 Å². The number of nitro groups is 3. The summed E-state index contributed by atoms with van der Waals surface area (Å²) in [6, 6.07) is 36.2. The number of hydrogen-bond acceptors (Lipinski definition) is 30. The maximum absolute atomic E-state index is 11.1. The number of anilines is 3. The smallest absolute Gasteiger partial charge is 0.273 e. The molecule has 0 radical (unpaired) electrons. The van der Waals surface area contributed by atoms with E-state index in [4.69, 9.17) is 49.6 Å². The Hall–Kier alpha value is -10.6. The Morgan fingerprint density at radius 3 is 0.989 bits per heavy atom. The van der Waals surface area contributed by atoms with E-state index in [2.05, 4.69) is 40.9 Å². The van der Waals surface area contributed by atoms with Crippen LogP contribution in [-0.2, 0) is 6.61 Å². The molecule has 0 bridgehead atoms. The number of aliphatic hydroxyl groups is 9. The fourth-order valence-electron chi connectivity index (χ4n) is 8.15. The van der Waals surface area contributed by atoms with E-state index in [0.29, 0.717) is 78.2 Å². The van der Waals surface area contributed by atoms with Gasteiger partial charge in [0, 0.05) is 86.7 Å². The number of non-ortho nitro benzene ring substituents is 3. The second-order valence-electron chi connectivity index (χ2n) is 19.1. The topological polar surface area (TPSA) is 457 Å². The molecule has 7 rings (SSSR count). The van der Waals surface area contributed by atoms with E-state index in [0.717, 1.165) is 17.1 Å². The summed E-state index contributed by atoms with van der Waals surface area (Å²) >= 11 is 0. The number of azo groups is 4. The van der Waals surface area contributed by atoms with Gasteiger partial charge in [0.1, 0.15) is 48.3 Å². The number of nitro benzene ring substituents is 3. The Kier molecular flexibility index (Phi) is 31.8. The molecule has 7 aromatic rings. The van der Waals surface area contributed by atoms with Gasteiger partial charge < -0.3 is 79.6 Å². The molecular weight excluding hydrogens is 1230 g/mol. The molecule has 0 spiro atoms. The van der Waals surface area contributed by atoms with E-state index in [1.807, 2.05) is 33.9 Å². The van der Waals surface area contributed by atoms with Crippen molar-refractivity contribution >= 4 is 79.6 Å². The second-order valence-corrected chi connectivity index (χ2v) is 19.1. The lowest BCUT2D eigenvalue weighted by Crippen LogP contribution is -2.29. The molecule has 0 unspecified atom stereocenters. The van der Waals surface area contributed by atoms with E-state index in [1.54, 1.807) is 66.7 Å². The molecule has 9 N–H and O–H groups in total. The average molecular weight is 1310 g/mol. The van der Waals surface area contributed by atoms with Crippen molar-refractivity contribution in [3.8, 4) is 23.0 Å². The number of aliphatic hydroxyl groups excluding tert-OH is 9. The van der Waals surface area contributed by atoms with E-state index < -0.39 is 21.4 Å². The highest BCUT2D eigenvalue weighted by Crippen LogP contribution is 2.40. The van der Waals surface area contributed by atoms with Gasteiger partial charge in [-0.25, -0.2) is 0 Å². The predicted octanol–water partition coefficient (Wildman–Crippen LogP) is 9.07. The zero-order chi connectivity index (χ0) is 68.2. The van der Waals surface area contributed by atoms with Crippen LogP contribution in [0.15, 0.2) is 180 Å². The van der Waals surface area contributed by atoms with Crippen molar-refractivity contribution in [1.82, 2.24) is 0 Å². The van der Waals surface area contributed by atoms with Gasteiger partial charge in [-0.15, -0.1) is 25.6 Å². The quantitative estimate of drug-likeness (QED) is 0.0101. The molecule has 0 saturated heterocycles. The van der Waals surface area contributed by atoms with Gasteiger partial charge in [-0.3, -0.25) is 30.3 Å². The number of likely N-dealkylation sites (N-methyl/N-ethyl adjacent to an activating group) is 1. The van der Waals surface area contributed by atoms with Gasteiger partial charge in [0.25, 0.3) is 17.1 Å². The number of rotatable bonds is 35. The molecule has 0 amide bonds. The lowest BCUT2D eigenvalue weighted by atomic mass is 10.1. The third-order valence-electron chi connectivity index (χ3n) is 12.8. The van der Waals surface area contributed by atoms with Crippen LogP contribution in [0.2, 0.25) is 0 Å². The summed E-state index contributed by atoms with van der Waals surface area (Å²) in [7, 11) is 3.31. The van der Waals surface area contributed by atoms with E-state index in [9.17, 15) is 45.7 Å². The number of benzene rings is 7. The molecule has 7 aromatic carbocycles. The summed E-state index contributed by atoms with van der Waals surface area (Å²) in [5, 5.41) is 148. The summed E-state index contributed by atoms with van der Waals surface area (Å²) in [6.07, 6.45) is 0. The molecule has 0 atom stereocenters. The van der Waals surface area contributed by atoms with Crippen molar-refractivity contribution in [2.45, 2.75) is 6.61 Å². The second kappa shape index (κ2) is 40.3. The first-order valence-electron chi connectivity index (χ1n) is 28.7. The Balaban J connectivity index is 0.000000264. The van der Waals surface area contributed by atoms with Crippen LogP contribution in [0.5, 0.6) is 23.0 Å². The number of ether oxygens (including phenoxy) is 4. The molecule has 0 fully saturated rings. The average Bonchev–Trinajstić information content (AvgIpc) is 1.01. The standard InChI is InChI=1S/C26H30N6O8.C18H22N4O6.C17H20N4O5/c1-39-25-16-23(29-28-22-7-6-21(32(37)38)15-26(22)40-13-12-35)18(17-36)14-24(25)30-27-19-2-4-20(5-3-19)31(8-10-33)9-11-34;23-9-7-21(8-10-24)15-3-1-14(2-4-15)19-20-17-6-5-16(22(26)27)13-18(17)28-12-11-25;1-20(8-9-22)14-4-2-13(3-5-14)18-19-16-7-6-15(21(24)25)12-17(16)26-11-10-23/h2-7,14-16,33-36H,8-13,17H2,1H3;1-6,13,23-25H,7-12H2;2-7,12,22-23H,8-11H2,1H3. The van der Waals surface area contributed by atoms with Gasteiger partial charge in [0.2, 0.25) is 0 Å². The van der Waals surface area contributed by atoms with Gasteiger partial charge in [-0.1, -0.05) is 0 Å². The van der Waals surface area contributed by atoms with Crippen molar-refractivity contribution in [2.75, 3.05) is 134 Å². The normalized spacial score (nSPS) is 11.1. The lowest BCUT2D eigenvalue weighted by Gasteiger charge is -2.22. The third kappa shape index (κ3) is 23.6. The lowest BCUT2D eigenvalue weighted by molar-refractivity contribution is -0.385. The Morgan fingerprint density at radius 1 is 0.362 bits per heavy atom. The molecule has 33 nitrogen and oxygen atoms in total. The van der Waals surface area contributed by atoms with E-state index in [1.165, 1.54) is 67.8 Å². The van der Waals surface area contributed by atoms with Crippen molar-refractivity contribution < 1.29 is 79.7 Å². The van der Waals surface area contributed by atoms with Gasteiger partial charge in [-0.05, 0) is 97.1 Å². The molecule has 0 aromatic heterocycles. The first kappa shape index (κ1) is 74.1. The summed E-state index contributed by atoms with van der Waals surface area (Å²) in [5.41, 5.74) is 5.54.